The summed E-state index contributed by atoms with van der Waals surface area (Å²) >= 11 is 0. The molecule has 2 amide bonds. The highest BCUT2D eigenvalue weighted by Gasteiger charge is 2.09. The number of nitrogens with one attached hydrogen (secondary N) is 3. The van der Waals surface area contributed by atoms with Crippen LogP contribution in [0, 0.1) is 0 Å². The van der Waals surface area contributed by atoms with Crippen molar-refractivity contribution in [1.29, 1.82) is 0 Å². The van der Waals surface area contributed by atoms with E-state index in [2.05, 4.69) is 16.0 Å². The molecule has 0 aromatic heterocycles. The zero-order valence-corrected chi connectivity index (χ0v) is 19.1. The number of carbonyl (C=O) groups excluding carboxylic acids is 2. The summed E-state index contributed by atoms with van der Waals surface area (Å²) in [5, 5.41) is 8.66. The fraction of sp³-hybridized carbons (Fsp3) is 0.231. The zero-order valence-electron chi connectivity index (χ0n) is 19.1. The molecular weight excluding hydrogens is 434 g/mol. The first kappa shape index (κ1) is 24.6. The fourth-order valence-electron chi connectivity index (χ4n) is 3.04. The van der Waals surface area contributed by atoms with E-state index < -0.39 is 0 Å². The number of para-hydroxylation sites is 3. The van der Waals surface area contributed by atoms with E-state index in [9.17, 15) is 9.59 Å². The molecule has 0 spiro atoms. The third kappa shape index (κ3) is 8.14. The number of carbonyl (C=O) groups is 2. The lowest BCUT2D eigenvalue weighted by Crippen LogP contribution is -2.27. The molecule has 178 valence electrons. The number of ether oxygens (including phenoxy) is 3. The molecule has 8 heteroatoms. The topological polar surface area (TPSA) is 97.9 Å². The summed E-state index contributed by atoms with van der Waals surface area (Å²) in [7, 11) is 1.58. The maximum atomic E-state index is 12.5. The van der Waals surface area contributed by atoms with Crippen LogP contribution >= 0.6 is 0 Å². The van der Waals surface area contributed by atoms with Crippen molar-refractivity contribution >= 4 is 23.2 Å². The van der Waals surface area contributed by atoms with Crippen molar-refractivity contribution in [3.05, 3.63) is 84.4 Å². The standard InChI is InChI=1S/C26H29N3O5/c1-32-15-14-27-26(31)20-8-7-9-21(18-20)28-19-25(30)29-23-12-5-6-13-24(23)34-17-16-33-22-10-3-2-4-11-22/h2-13,18,28H,14-17,19H2,1H3,(H,27,31)(H,29,30). The Bertz CT molecular complexity index is 1060. The lowest BCUT2D eigenvalue weighted by atomic mass is 10.2. The van der Waals surface area contributed by atoms with Gasteiger partial charge in [0.05, 0.1) is 18.8 Å². The van der Waals surface area contributed by atoms with Gasteiger partial charge in [0.25, 0.3) is 5.91 Å². The maximum Gasteiger partial charge on any atom is 0.251 e. The number of hydrogen-bond donors (Lipinski definition) is 3. The van der Waals surface area contributed by atoms with Crippen molar-refractivity contribution in [2.24, 2.45) is 0 Å². The van der Waals surface area contributed by atoms with Gasteiger partial charge < -0.3 is 30.2 Å². The maximum absolute atomic E-state index is 12.5. The lowest BCUT2D eigenvalue weighted by molar-refractivity contribution is -0.114. The Hall–Kier alpha value is -4.04. The largest absolute Gasteiger partial charge is 0.490 e. The van der Waals surface area contributed by atoms with Crippen molar-refractivity contribution in [3.8, 4) is 11.5 Å². The average Bonchev–Trinajstić information content (AvgIpc) is 2.87. The van der Waals surface area contributed by atoms with Gasteiger partial charge in [-0.25, -0.2) is 0 Å². The highest BCUT2D eigenvalue weighted by atomic mass is 16.5. The molecule has 0 radical (unpaired) electrons. The van der Waals surface area contributed by atoms with E-state index in [1.54, 1.807) is 43.5 Å². The Morgan fingerprint density at radius 3 is 2.41 bits per heavy atom. The van der Waals surface area contributed by atoms with Gasteiger partial charge in [0.1, 0.15) is 24.7 Å². The van der Waals surface area contributed by atoms with Crippen LogP contribution in [0.15, 0.2) is 78.9 Å². The van der Waals surface area contributed by atoms with E-state index in [0.29, 0.717) is 49.1 Å². The summed E-state index contributed by atoms with van der Waals surface area (Å²) in [6.07, 6.45) is 0. The molecule has 0 unspecified atom stereocenters. The van der Waals surface area contributed by atoms with Crippen LogP contribution in [0.5, 0.6) is 11.5 Å². The summed E-state index contributed by atoms with van der Waals surface area (Å²) < 4.78 is 16.4. The van der Waals surface area contributed by atoms with Gasteiger partial charge in [-0.15, -0.1) is 0 Å². The van der Waals surface area contributed by atoms with Crippen LogP contribution in [0.25, 0.3) is 0 Å². The minimum Gasteiger partial charge on any atom is -0.490 e. The van der Waals surface area contributed by atoms with E-state index in [0.717, 1.165) is 5.75 Å². The van der Waals surface area contributed by atoms with Gasteiger partial charge in [0.15, 0.2) is 0 Å². The first-order chi connectivity index (χ1) is 16.7. The molecule has 0 fully saturated rings. The predicted molar refractivity (Wildman–Crippen MR) is 132 cm³/mol. The van der Waals surface area contributed by atoms with Crippen molar-refractivity contribution in [3.63, 3.8) is 0 Å². The van der Waals surface area contributed by atoms with Crippen molar-refractivity contribution in [2.45, 2.75) is 0 Å². The summed E-state index contributed by atoms with van der Waals surface area (Å²) in [4.78, 5) is 24.7. The van der Waals surface area contributed by atoms with Gasteiger partial charge in [0.2, 0.25) is 5.91 Å². The molecule has 0 atom stereocenters. The van der Waals surface area contributed by atoms with Crippen LogP contribution < -0.4 is 25.4 Å². The van der Waals surface area contributed by atoms with Crippen molar-refractivity contribution in [1.82, 2.24) is 5.32 Å². The highest BCUT2D eigenvalue weighted by molar-refractivity contribution is 5.96. The van der Waals surface area contributed by atoms with Gasteiger partial charge in [-0.2, -0.15) is 0 Å². The molecule has 3 aromatic carbocycles. The zero-order chi connectivity index (χ0) is 24.0. The fourth-order valence-corrected chi connectivity index (χ4v) is 3.04. The number of anilines is 2. The molecule has 3 N–H and O–H groups in total. The Kier molecular flexibility index (Phi) is 9.76. The molecule has 3 aromatic rings. The minimum absolute atomic E-state index is 0.0280. The van der Waals surface area contributed by atoms with Crippen LogP contribution in [0.3, 0.4) is 0 Å². The van der Waals surface area contributed by atoms with Gasteiger partial charge in [-0.05, 0) is 42.5 Å². The molecular formula is C26H29N3O5. The lowest BCUT2D eigenvalue weighted by Gasteiger charge is -2.14. The number of amides is 2. The Morgan fingerprint density at radius 2 is 1.59 bits per heavy atom. The summed E-state index contributed by atoms with van der Waals surface area (Å²) in [5.41, 5.74) is 1.73. The smallest absolute Gasteiger partial charge is 0.251 e. The second kappa shape index (κ2) is 13.5. The number of methoxy groups -OCH3 is 1. The van der Waals surface area contributed by atoms with E-state index in [-0.39, 0.29) is 18.4 Å². The molecule has 0 bridgehead atoms. The van der Waals surface area contributed by atoms with Crippen molar-refractivity contribution < 1.29 is 23.8 Å². The van der Waals surface area contributed by atoms with Gasteiger partial charge in [-0.1, -0.05) is 36.4 Å². The van der Waals surface area contributed by atoms with E-state index >= 15 is 0 Å². The molecule has 0 aliphatic heterocycles. The van der Waals surface area contributed by atoms with Crippen LogP contribution in [-0.4, -0.2) is 51.8 Å². The molecule has 0 saturated heterocycles. The normalized spacial score (nSPS) is 10.3. The molecule has 0 aliphatic carbocycles. The first-order valence-corrected chi connectivity index (χ1v) is 11.0. The molecule has 34 heavy (non-hydrogen) atoms. The predicted octanol–water partition coefficient (Wildman–Crippen LogP) is 3.57. The van der Waals surface area contributed by atoms with E-state index in [1.807, 2.05) is 42.5 Å². The number of rotatable bonds is 13. The van der Waals surface area contributed by atoms with Crippen LogP contribution in [0.1, 0.15) is 10.4 Å². The van der Waals surface area contributed by atoms with Crippen molar-refractivity contribution in [2.75, 3.05) is 50.7 Å². The molecule has 0 aliphatic rings. The van der Waals surface area contributed by atoms with Gasteiger partial charge >= 0.3 is 0 Å². The molecule has 0 heterocycles. The second-order valence-corrected chi connectivity index (χ2v) is 7.24. The minimum atomic E-state index is -0.244. The third-order valence-corrected chi connectivity index (χ3v) is 4.68. The average molecular weight is 464 g/mol. The van der Waals surface area contributed by atoms with Gasteiger partial charge in [-0.3, -0.25) is 9.59 Å². The van der Waals surface area contributed by atoms with E-state index in [4.69, 9.17) is 14.2 Å². The van der Waals surface area contributed by atoms with Crippen LogP contribution in [0.4, 0.5) is 11.4 Å². The summed E-state index contributed by atoms with van der Waals surface area (Å²) in [6.45, 7) is 1.60. The Morgan fingerprint density at radius 1 is 0.824 bits per heavy atom. The van der Waals surface area contributed by atoms with E-state index in [1.165, 1.54) is 0 Å². The van der Waals surface area contributed by atoms with Crippen LogP contribution in [-0.2, 0) is 9.53 Å². The SMILES string of the molecule is COCCNC(=O)c1cccc(NCC(=O)Nc2ccccc2OCCOc2ccccc2)c1. The Balaban J connectivity index is 1.47. The quantitative estimate of drug-likeness (QED) is 0.335. The second-order valence-electron chi connectivity index (χ2n) is 7.24. The third-order valence-electron chi connectivity index (χ3n) is 4.68. The number of benzene rings is 3. The monoisotopic (exact) mass is 463 g/mol. The highest BCUT2D eigenvalue weighted by Crippen LogP contribution is 2.23. The summed E-state index contributed by atoms with van der Waals surface area (Å²) in [5.74, 6) is 0.886. The first-order valence-electron chi connectivity index (χ1n) is 11.0. The molecule has 3 rings (SSSR count). The summed E-state index contributed by atoms with van der Waals surface area (Å²) in [6, 6.07) is 23.7. The molecule has 8 nitrogen and oxygen atoms in total. The Labute approximate surface area is 199 Å². The van der Waals surface area contributed by atoms with Crippen LogP contribution in [0.2, 0.25) is 0 Å². The number of hydrogen-bond acceptors (Lipinski definition) is 6. The van der Waals surface area contributed by atoms with Gasteiger partial charge in [0, 0.05) is 24.9 Å². The molecule has 0 saturated carbocycles.